The first-order valence-corrected chi connectivity index (χ1v) is 6.92. The molecule has 0 aliphatic carbocycles. The smallest absolute Gasteiger partial charge is 0.0503 e. The molecule has 0 aromatic rings. The van der Waals surface area contributed by atoms with Crippen LogP contribution >= 0.6 is 0 Å². The zero-order chi connectivity index (χ0) is 12.9. The van der Waals surface area contributed by atoms with Crippen LogP contribution in [0.5, 0.6) is 0 Å². The number of rotatable bonds is 6. The van der Waals surface area contributed by atoms with E-state index in [1.54, 1.807) is 7.11 Å². The molecule has 1 aliphatic heterocycles. The van der Waals surface area contributed by atoms with Gasteiger partial charge in [-0.1, -0.05) is 27.7 Å². The maximum absolute atomic E-state index is 5.25. The lowest BCUT2D eigenvalue weighted by atomic mass is 9.86. The molecule has 0 aromatic carbocycles. The molecule has 0 aromatic heterocycles. The van der Waals surface area contributed by atoms with Crippen LogP contribution in [0.3, 0.4) is 0 Å². The van der Waals surface area contributed by atoms with E-state index in [9.17, 15) is 0 Å². The van der Waals surface area contributed by atoms with Gasteiger partial charge in [-0.05, 0) is 30.8 Å². The lowest BCUT2D eigenvalue weighted by Crippen LogP contribution is -2.48. The van der Waals surface area contributed by atoms with Crippen molar-refractivity contribution in [3.8, 4) is 0 Å². The van der Waals surface area contributed by atoms with Crippen molar-refractivity contribution in [2.24, 2.45) is 11.3 Å². The standard InChI is InChI=1S/C14H30N2O/c1-6-15-13(14(2,3)4)10-16-8-7-12(9-16)11-17-5/h12-13,15H,6-11H2,1-5H3. The average molecular weight is 242 g/mol. The van der Waals surface area contributed by atoms with E-state index in [1.807, 2.05) is 0 Å². The summed E-state index contributed by atoms with van der Waals surface area (Å²) in [6, 6.07) is 0.578. The van der Waals surface area contributed by atoms with E-state index >= 15 is 0 Å². The maximum atomic E-state index is 5.25. The monoisotopic (exact) mass is 242 g/mol. The van der Waals surface area contributed by atoms with E-state index in [0.29, 0.717) is 11.5 Å². The van der Waals surface area contributed by atoms with Gasteiger partial charge < -0.3 is 15.0 Å². The van der Waals surface area contributed by atoms with Gasteiger partial charge in [0.25, 0.3) is 0 Å². The van der Waals surface area contributed by atoms with Gasteiger partial charge in [0.15, 0.2) is 0 Å². The minimum Gasteiger partial charge on any atom is -0.384 e. The van der Waals surface area contributed by atoms with Crippen LogP contribution in [0.1, 0.15) is 34.1 Å². The van der Waals surface area contributed by atoms with Crippen LogP contribution in [0.25, 0.3) is 0 Å². The maximum Gasteiger partial charge on any atom is 0.0503 e. The molecule has 0 amide bonds. The third-order valence-corrected chi connectivity index (χ3v) is 3.71. The summed E-state index contributed by atoms with van der Waals surface area (Å²) in [7, 11) is 1.80. The van der Waals surface area contributed by atoms with Crippen LogP contribution in [0.15, 0.2) is 0 Å². The van der Waals surface area contributed by atoms with E-state index in [-0.39, 0.29) is 0 Å². The Kier molecular flexibility index (Phi) is 5.90. The Balaban J connectivity index is 2.41. The second kappa shape index (κ2) is 6.72. The highest BCUT2D eigenvalue weighted by molar-refractivity contribution is 4.86. The Labute approximate surface area is 107 Å². The van der Waals surface area contributed by atoms with Crippen molar-refractivity contribution in [2.75, 3.05) is 39.9 Å². The number of likely N-dealkylation sites (tertiary alicyclic amines) is 1. The van der Waals surface area contributed by atoms with Crippen molar-refractivity contribution in [1.29, 1.82) is 0 Å². The fourth-order valence-corrected chi connectivity index (χ4v) is 2.60. The average Bonchev–Trinajstić information content (AvgIpc) is 2.64. The molecular weight excluding hydrogens is 212 g/mol. The van der Waals surface area contributed by atoms with Gasteiger partial charge in [0.2, 0.25) is 0 Å². The van der Waals surface area contributed by atoms with Crippen molar-refractivity contribution >= 4 is 0 Å². The summed E-state index contributed by atoms with van der Waals surface area (Å²) in [4.78, 5) is 2.59. The molecule has 1 heterocycles. The molecule has 2 unspecified atom stereocenters. The molecular formula is C14H30N2O. The van der Waals surface area contributed by atoms with Gasteiger partial charge >= 0.3 is 0 Å². The molecule has 2 atom stereocenters. The van der Waals surface area contributed by atoms with E-state index < -0.39 is 0 Å². The first-order valence-electron chi connectivity index (χ1n) is 6.92. The number of hydrogen-bond donors (Lipinski definition) is 1. The summed E-state index contributed by atoms with van der Waals surface area (Å²) in [6.45, 7) is 14.7. The highest BCUT2D eigenvalue weighted by Gasteiger charge is 2.29. The Morgan fingerprint density at radius 3 is 2.65 bits per heavy atom. The molecule has 0 bridgehead atoms. The zero-order valence-electron chi connectivity index (χ0n) is 12.3. The van der Waals surface area contributed by atoms with Gasteiger partial charge in [0.1, 0.15) is 0 Å². The topological polar surface area (TPSA) is 24.5 Å². The quantitative estimate of drug-likeness (QED) is 0.771. The van der Waals surface area contributed by atoms with Crippen molar-refractivity contribution in [1.82, 2.24) is 10.2 Å². The fourth-order valence-electron chi connectivity index (χ4n) is 2.60. The van der Waals surface area contributed by atoms with Gasteiger partial charge in [-0.2, -0.15) is 0 Å². The number of likely N-dealkylation sites (N-methyl/N-ethyl adjacent to an activating group) is 1. The van der Waals surface area contributed by atoms with Crippen LogP contribution in [0.4, 0.5) is 0 Å². The van der Waals surface area contributed by atoms with E-state index in [0.717, 1.165) is 25.6 Å². The van der Waals surface area contributed by atoms with Crippen LogP contribution < -0.4 is 5.32 Å². The molecule has 17 heavy (non-hydrogen) atoms. The largest absolute Gasteiger partial charge is 0.384 e. The first-order chi connectivity index (χ1) is 7.97. The summed E-state index contributed by atoms with van der Waals surface area (Å²) in [6.07, 6.45) is 1.29. The Morgan fingerprint density at radius 1 is 1.41 bits per heavy atom. The van der Waals surface area contributed by atoms with Crippen molar-refractivity contribution in [3.05, 3.63) is 0 Å². The predicted molar refractivity (Wildman–Crippen MR) is 73.3 cm³/mol. The van der Waals surface area contributed by atoms with Gasteiger partial charge in [0.05, 0.1) is 6.61 Å². The summed E-state index contributed by atoms with van der Waals surface area (Å²) >= 11 is 0. The van der Waals surface area contributed by atoms with Crippen LogP contribution in [0.2, 0.25) is 0 Å². The zero-order valence-corrected chi connectivity index (χ0v) is 12.3. The highest BCUT2D eigenvalue weighted by Crippen LogP contribution is 2.23. The summed E-state index contributed by atoms with van der Waals surface area (Å²) in [5.41, 5.74) is 0.329. The van der Waals surface area contributed by atoms with E-state index in [4.69, 9.17) is 4.74 Å². The highest BCUT2D eigenvalue weighted by atomic mass is 16.5. The predicted octanol–water partition coefficient (Wildman–Crippen LogP) is 1.98. The summed E-state index contributed by atoms with van der Waals surface area (Å²) in [5, 5.41) is 3.62. The van der Waals surface area contributed by atoms with Gasteiger partial charge in [-0.15, -0.1) is 0 Å². The second-order valence-corrected chi connectivity index (χ2v) is 6.35. The molecule has 102 valence electrons. The van der Waals surface area contributed by atoms with Crippen molar-refractivity contribution in [2.45, 2.75) is 40.2 Å². The minimum absolute atomic E-state index is 0.329. The molecule has 1 N–H and O–H groups in total. The third kappa shape index (κ3) is 4.94. The lowest BCUT2D eigenvalue weighted by Gasteiger charge is -2.34. The molecule has 1 rings (SSSR count). The lowest BCUT2D eigenvalue weighted by molar-refractivity contribution is 0.146. The molecule has 1 aliphatic rings. The van der Waals surface area contributed by atoms with Crippen LogP contribution in [-0.4, -0.2) is 50.8 Å². The number of ether oxygens (including phenoxy) is 1. The molecule has 0 saturated carbocycles. The second-order valence-electron chi connectivity index (χ2n) is 6.35. The number of nitrogens with one attached hydrogen (secondary N) is 1. The first kappa shape index (κ1) is 14.9. The molecule has 3 heteroatoms. The van der Waals surface area contributed by atoms with Crippen molar-refractivity contribution in [3.63, 3.8) is 0 Å². The number of hydrogen-bond acceptors (Lipinski definition) is 3. The molecule has 1 fully saturated rings. The minimum atomic E-state index is 0.329. The van der Waals surface area contributed by atoms with Gasteiger partial charge in [-0.3, -0.25) is 0 Å². The van der Waals surface area contributed by atoms with Crippen molar-refractivity contribution < 1.29 is 4.74 Å². The van der Waals surface area contributed by atoms with Crippen LogP contribution in [0, 0.1) is 11.3 Å². The normalized spacial score (nSPS) is 24.2. The number of nitrogens with zero attached hydrogens (tertiary/aromatic N) is 1. The fraction of sp³-hybridized carbons (Fsp3) is 1.00. The Hall–Kier alpha value is -0.120. The summed E-state index contributed by atoms with van der Waals surface area (Å²) in [5.74, 6) is 0.738. The molecule has 3 nitrogen and oxygen atoms in total. The van der Waals surface area contributed by atoms with Crippen LogP contribution in [-0.2, 0) is 4.74 Å². The Morgan fingerprint density at radius 2 is 2.12 bits per heavy atom. The summed E-state index contributed by atoms with van der Waals surface area (Å²) < 4.78 is 5.25. The van der Waals surface area contributed by atoms with E-state index in [2.05, 4.69) is 37.9 Å². The Bertz CT molecular complexity index is 213. The van der Waals surface area contributed by atoms with Gasteiger partial charge in [0, 0.05) is 26.2 Å². The number of methoxy groups -OCH3 is 1. The molecule has 0 spiro atoms. The molecule has 0 radical (unpaired) electrons. The van der Waals surface area contributed by atoms with E-state index in [1.165, 1.54) is 19.5 Å². The third-order valence-electron chi connectivity index (χ3n) is 3.71. The molecule has 1 saturated heterocycles. The van der Waals surface area contributed by atoms with Gasteiger partial charge in [-0.25, -0.2) is 0 Å². The SMILES string of the molecule is CCNC(CN1CCC(COC)C1)C(C)(C)C.